The van der Waals surface area contributed by atoms with Crippen molar-refractivity contribution in [3.8, 4) is 0 Å². The van der Waals surface area contributed by atoms with E-state index in [1.165, 1.54) is 12.1 Å². The van der Waals surface area contributed by atoms with Crippen LogP contribution in [0.25, 0.3) is 0 Å². The van der Waals surface area contributed by atoms with Crippen molar-refractivity contribution in [3.05, 3.63) is 28.8 Å². The van der Waals surface area contributed by atoms with Crippen molar-refractivity contribution < 1.29 is 18.3 Å². The molecule has 0 aliphatic carbocycles. The molecule has 106 valence electrons. The summed E-state index contributed by atoms with van der Waals surface area (Å²) >= 11 is 5.79. The predicted molar refractivity (Wildman–Crippen MR) is 74.4 cm³/mol. The normalized spacial score (nSPS) is 11.3. The van der Waals surface area contributed by atoms with E-state index < -0.39 is 16.0 Å². The lowest BCUT2D eigenvalue weighted by molar-refractivity contribution is 0.0698. The third kappa shape index (κ3) is 4.70. The van der Waals surface area contributed by atoms with Gasteiger partial charge in [-0.15, -0.1) is 0 Å². The Balaban J connectivity index is 2.74. The molecule has 1 aromatic carbocycles. The van der Waals surface area contributed by atoms with E-state index in [2.05, 4.69) is 10.0 Å². The summed E-state index contributed by atoms with van der Waals surface area (Å²) in [6.45, 7) is 2.10. The first-order valence-electron chi connectivity index (χ1n) is 5.60. The summed E-state index contributed by atoms with van der Waals surface area (Å²) in [6.07, 6.45) is 0. The number of halogens is 1. The highest BCUT2D eigenvalue weighted by Crippen LogP contribution is 2.24. The number of hydrogen-bond acceptors (Lipinski definition) is 4. The van der Waals surface area contributed by atoms with E-state index in [-0.39, 0.29) is 22.9 Å². The van der Waals surface area contributed by atoms with Crippen LogP contribution in [0.1, 0.15) is 17.3 Å². The minimum atomic E-state index is -3.34. The van der Waals surface area contributed by atoms with Gasteiger partial charge in [-0.2, -0.15) is 0 Å². The van der Waals surface area contributed by atoms with Gasteiger partial charge in [0.15, 0.2) is 0 Å². The van der Waals surface area contributed by atoms with E-state index in [1.807, 2.05) is 0 Å². The first-order chi connectivity index (χ1) is 8.87. The maximum atomic E-state index is 11.4. The Labute approximate surface area is 116 Å². The number of anilines is 1. The number of sulfonamides is 1. The van der Waals surface area contributed by atoms with E-state index in [9.17, 15) is 13.2 Å². The third-order valence-corrected chi connectivity index (χ3v) is 4.06. The van der Waals surface area contributed by atoms with E-state index in [1.54, 1.807) is 13.0 Å². The van der Waals surface area contributed by atoms with Gasteiger partial charge in [-0.1, -0.05) is 24.6 Å². The number of carboxylic acid groups (broad SMARTS) is 1. The van der Waals surface area contributed by atoms with Gasteiger partial charge in [-0.25, -0.2) is 17.9 Å². The van der Waals surface area contributed by atoms with Crippen LogP contribution in [0.15, 0.2) is 18.2 Å². The molecule has 0 aromatic heterocycles. The Hall–Kier alpha value is -1.31. The number of benzene rings is 1. The molecule has 0 fully saturated rings. The summed E-state index contributed by atoms with van der Waals surface area (Å²) in [5.74, 6) is -1.31. The van der Waals surface area contributed by atoms with Gasteiger partial charge in [0, 0.05) is 13.1 Å². The lowest BCUT2D eigenvalue weighted by atomic mass is 10.2. The van der Waals surface area contributed by atoms with Crippen LogP contribution in [-0.2, 0) is 10.0 Å². The molecular formula is C11H15ClN2O4S. The molecule has 1 aromatic rings. The molecule has 8 heteroatoms. The maximum Gasteiger partial charge on any atom is 0.339 e. The second kappa shape index (κ2) is 6.74. The smallest absolute Gasteiger partial charge is 0.339 e. The zero-order valence-corrected chi connectivity index (χ0v) is 11.9. The fourth-order valence-electron chi connectivity index (χ4n) is 1.50. The largest absolute Gasteiger partial charge is 0.478 e. The first-order valence-corrected chi connectivity index (χ1v) is 7.63. The van der Waals surface area contributed by atoms with Gasteiger partial charge in [-0.05, 0) is 12.1 Å². The average Bonchev–Trinajstić information content (AvgIpc) is 2.28. The van der Waals surface area contributed by atoms with Crippen LogP contribution in [0.3, 0.4) is 0 Å². The number of rotatable bonds is 7. The predicted octanol–water partition coefficient (Wildman–Crippen LogP) is 1.39. The Bertz CT molecular complexity index is 560. The Kier molecular flexibility index (Phi) is 5.59. The van der Waals surface area contributed by atoms with Gasteiger partial charge < -0.3 is 10.4 Å². The Morgan fingerprint density at radius 1 is 1.42 bits per heavy atom. The monoisotopic (exact) mass is 306 g/mol. The van der Waals surface area contributed by atoms with Crippen molar-refractivity contribution in [2.45, 2.75) is 6.92 Å². The molecule has 0 atom stereocenters. The molecule has 1 rings (SSSR count). The zero-order valence-electron chi connectivity index (χ0n) is 10.3. The topological polar surface area (TPSA) is 95.5 Å². The molecule has 19 heavy (non-hydrogen) atoms. The first kappa shape index (κ1) is 15.7. The molecule has 0 bridgehead atoms. The summed E-state index contributed by atoms with van der Waals surface area (Å²) in [4.78, 5) is 11.1. The van der Waals surface area contributed by atoms with E-state index in [0.717, 1.165) is 0 Å². The summed E-state index contributed by atoms with van der Waals surface area (Å²) in [5.41, 5.74) is 0.233. The minimum absolute atomic E-state index is 0.0648. The molecule has 0 amide bonds. The van der Waals surface area contributed by atoms with Crippen molar-refractivity contribution in [2.75, 3.05) is 24.2 Å². The quantitative estimate of drug-likeness (QED) is 0.707. The number of carbonyl (C=O) groups is 1. The fourth-order valence-corrected chi connectivity index (χ4v) is 2.71. The summed E-state index contributed by atoms with van der Waals surface area (Å²) in [7, 11) is -3.34. The van der Waals surface area contributed by atoms with Crippen LogP contribution >= 0.6 is 11.6 Å². The standard InChI is InChI=1S/C11H15ClN2O4S/c1-2-14-19(17,18)7-6-13-9-5-3-4-8(12)10(9)11(15)16/h3-5,13-14H,2,6-7H2,1H3,(H,15,16). The maximum absolute atomic E-state index is 11.4. The molecule has 0 spiro atoms. The van der Waals surface area contributed by atoms with Crippen molar-refractivity contribution in [2.24, 2.45) is 0 Å². The van der Waals surface area contributed by atoms with Gasteiger partial charge in [0.2, 0.25) is 10.0 Å². The van der Waals surface area contributed by atoms with Crippen molar-refractivity contribution >= 4 is 33.3 Å². The Morgan fingerprint density at radius 2 is 2.11 bits per heavy atom. The van der Waals surface area contributed by atoms with Crippen molar-refractivity contribution in [1.82, 2.24) is 4.72 Å². The molecule has 0 aliphatic rings. The van der Waals surface area contributed by atoms with Crippen LogP contribution in [0, 0.1) is 0 Å². The second-order valence-corrected chi connectivity index (χ2v) is 6.04. The fraction of sp³-hybridized carbons (Fsp3) is 0.364. The Morgan fingerprint density at radius 3 is 2.68 bits per heavy atom. The number of hydrogen-bond donors (Lipinski definition) is 3. The number of carboxylic acids is 1. The molecule has 0 saturated carbocycles. The molecule has 3 N–H and O–H groups in total. The van der Waals surface area contributed by atoms with Crippen molar-refractivity contribution in [1.29, 1.82) is 0 Å². The van der Waals surface area contributed by atoms with Crippen LogP contribution in [0.4, 0.5) is 5.69 Å². The van der Waals surface area contributed by atoms with Crippen LogP contribution in [0.5, 0.6) is 0 Å². The summed E-state index contributed by atoms with van der Waals surface area (Å²) < 4.78 is 25.2. The molecule has 0 unspecified atom stereocenters. The second-order valence-electron chi connectivity index (χ2n) is 3.71. The number of nitrogens with one attached hydrogen (secondary N) is 2. The van der Waals surface area contributed by atoms with Gasteiger partial charge in [0.05, 0.1) is 16.5 Å². The van der Waals surface area contributed by atoms with E-state index in [0.29, 0.717) is 12.2 Å². The van der Waals surface area contributed by atoms with Gasteiger partial charge >= 0.3 is 5.97 Å². The zero-order chi connectivity index (χ0) is 14.5. The average molecular weight is 307 g/mol. The lowest BCUT2D eigenvalue weighted by Gasteiger charge is -2.11. The molecular weight excluding hydrogens is 292 g/mol. The highest BCUT2D eigenvalue weighted by atomic mass is 35.5. The molecule has 0 aliphatic heterocycles. The molecule has 0 heterocycles. The van der Waals surface area contributed by atoms with Crippen LogP contribution < -0.4 is 10.0 Å². The molecule has 0 saturated heterocycles. The third-order valence-electron chi connectivity index (χ3n) is 2.28. The summed E-state index contributed by atoms with van der Waals surface area (Å²) in [6, 6.07) is 4.59. The number of aromatic carboxylic acids is 1. The lowest BCUT2D eigenvalue weighted by Crippen LogP contribution is -2.29. The highest BCUT2D eigenvalue weighted by molar-refractivity contribution is 7.89. The van der Waals surface area contributed by atoms with E-state index in [4.69, 9.17) is 16.7 Å². The van der Waals surface area contributed by atoms with Gasteiger partial charge in [0.25, 0.3) is 0 Å². The van der Waals surface area contributed by atoms with Gasteiger partial charge in [-0.3, -0.25) is 0 Å². The molecule has 0 radical (unpaired) electrons. The van der Waals surface area contributed by atoms with Crippen LogP contribution in [-0.4, -0.2) is 38.3 Å². The van der Waals surface area contributed by atoms with Crippen molar-refractivity contribution in [3.63, 3.8) is 0 Å². The highest BCUT2D eigenvalue weighted by Gasteiger charge is 2.15. The minimum Gasteiger partial charge on any atom is -0.478 e. The van der Waals surface area contributed by atoms with Gasteiger partial charge in [0.1, 0.15) is 5.56 Å². The van der Waals surface area contributed by atoms with Crippen LogP contribution in [0.2, 0.25) is 5.02 Å². The summed E-state index contributed by atoms with van der Waals surface area (Å²) in [5, 5.41) is 11.9. The van der Waals surface area contributed by atoms with E-state index >= 15 is 0 Å². The SMILES string of the molecule is CCNS(=O)(=O)CCNc1cccc(Cl)c1C(=O)O. The molecule has 6 nitrogen and oxygen atoms in total.